The first-order chi connectivity index (χ1) is 12.7. The van der Waals surface area contributed by atoms with Gasteiger partial charge in [0.05, 0.1) is 5.69 Å². The largest absolute Gasteiger partial charge is 0.313 e. The lowest BCUT2D eigenvalue weighted by molar-refractivity contribution is 0.611. The molecule has 1 saturated carbocycles. The van der Waals surface area contributed by atoms with Gasteiger partial charge in [0.1, 0.15) is 5.82 Å². The van der Waals surface area contributed by atoms with E-state index in [4.69, 9.17) is 0 Å². The highest BCUT2D eigenvalue weighted by Crippen LogP contribution is 2.26. The number of hydrogen-bond acceptors (Lipinski definition) is 3. The summed E-state index contributed by atoms with van der Waals surface area (Å²) in [5.41, 5.74) is 4.54. The van der Waals surface area contributed by atoms with E-state index in [-0.39, 0.29) is 5.82 Å². The average Bonchev–Trinajstić information content (AvgIpc) is 3.47. The molecule has 1 aliphatic carbocycles. The normalized spacial score (nSPS) is 14.0. The summed E-state index contributed by atoms with van der Waals surface area (Å²) in [5, 5.41) is 6.90. The molecule has 1 aliphatic rings. The first-order valence-electron chi connectivity index (χ1n) is 9.85. The Kier molecular flexibility index (Phi) is 6.75. The summed E-state index contributed by atoms with van der Waals surface area (Å²) in [7, 11) is 0. The Morgan fingerprint density at radius 3 is 2.65 bits per heavy atom. The highest BCUT2D eigenvalue weighted by molar-refractivity contribution is 5.64. The monoisotopic (exact) mass is 355 g/mol. The molecular formula is C22H30FN3. The van der Waals surface area contributed by atoms with Gasteiger partial charge < -0.3 is 10.6 Å². The molecule has 2 N–H and O–H groups in total. The Morgan fingerprint density at radius 2 is 1.96 bits per heavy atom. The maximum Gasteiger partial charge on any atom is 0.127 e. The number of aromatic nitrogens is 1. The van der Waals surface area contributed by atoms with Crippen molar-refractivity contribution in [3.8, 4) is 11.3 Å². The quantitative estimate of drug-likeness (QED) is 0.605. The van der Waals surface area contributed by atoms with Crippen molar-refractivity contribution >= 4 is 0 Å². The van der Waals surface area contributed by atoms with Gasteiger partial charge in [0.25, 0.3) is 0 Å². The molecule has 1 aromatic carbocycles. The topological polar surface area (TPSA) is 37.0 Å². The van der Waals surface area contributed by atoms with E-state index in [0.717, 1.165) is 35.5 Å². The van der Waals surface area contributed by atoms with E-state index in [0.29, 0.717) is 18.2 Å². The van der Waals surface area contributed by atoms with Gasteiger partial charge in [-0.15, -0.1) is 0 Å². The van der Waals surface area contributed by atoms with E-state index in [1.165, 1.54) is 32.1 Å². The molecule has 0 saturated heterocycles. The van der Waals surface area contributed by atoms with Crippen LogP contribution in [0.5, 0.6) is 0 Å². The van der Waals surface area contributed by atoms with Crippen molar-refractivity contribution in [1.82, 2.24) is 15.6 Å². The third-order valence-electron chi connectivity index (χ3n) is 4.96. The Bertz CT molecular complexity index is 708. The number of hydrogen-bond donors (Lipinski definition) is 2. The number of rotatable bonds is 10. The van der Waals surface area contributed by atoms with Crippen LogP contribution in [0.25, 0.3) is 11.3 Å². The van der Waals surface area contributed by atoms with E-state index in [1.54, 1.807) is 6.07 Å². The molecule has 4 heteroatoms. The zero-order chi connectivity index (χ0) is 18.4. The van der Waals surface area contributed by atoms with Gasteiger partial charge in [-0.1, -0.05) is 25.8 Å². The van der Waals surface area contributed by atoms with Gasteiger partial charge in [-0.25, -0.2) is 4.39 Å². The standard InChI is InChI=1S/C22H30FN3/c1-3-4-5-10-24-13-17-6-9-22(26-14-17)20-11-18(12-21(23)16(20)2)15-25-19-7-8-19/h6,9,11-12,14,19,24-25H,3-5,7-8,10,13,15H2,1-2H3. The fraction of sp³-hybridized carbons (Fsp3) is 0.500. The molecule has 0 spiro atoms. The second-order valence-electron chi connectivity index (χ2n) is 7.34. The average molecular weight is 356 g/mol. The lowest BCUT2D eigenvalue weighted by Crippen LogP contribution is -2.15. The van der Waals surface area contributed by atoms with Crippen molar-refractivity contribution in [2.45, 2.75) is 65.1 Å². The number of benzene rings is 1. The lowest BCUT2D eigenvalue weighted by Gasteiger charge is -2.11. The molecule has 1 heterocycles. The maximum atomic E-state index is 14.3. The predicted molar refractivity (Wildman–Crippen MR) is 105 cm³/mol. The second kappa shape index (κ2) is 9.24. The molecule has 3 rings (SSSR count). The number of pyridine rings is 1. The fourth-order valence-electron chi connectivity index (χ4n) is 3.07. The van der Waals surface area contributed by atoms with Gasteiger partial charge in [-0.05, 0) is 67.6 Å². The van der Waals surface area contributed by atoms with Crippen LogP contribution < -0.4 is 10.6 Å². The van der Waals surface area contributed by atoms with E-state index < -0.39 is 0 Å². The van der Waals surface area contributed by atoms with Crippen molar-refractivity contribution < 1.29 is 4.39 Å². The summed E-state index contributed by atoms with van der Waals surface area (Å²) >= 11 is 0. The van der Waals surface area contributed by atoms with Crippen molar-refractivity contribution in [3.63, 3.8) is 0 Å². The molecule has 0 aliphatic heterocycles. The van der Waals surface area contributed by atoms with Crippen LogP contribution in [0.3, 0.4) is 0 Å². The van der Waals surface area contributed by atoms with E-state index in [1.807, 2.05) is 19.2 Å². The van der Waals surface area contributed by atoms with Crippen LogP contribution in [0, 0.1) is 12.7 Å². The summed E-state index contributed by atoms with van der Waals surface area (Å²) in [6, 6.07) is 8.41. The molecule has 1 aromatic heterocycles. The van der Waals surface area contributed by atoms with Crippen LogP contribution in [0.1, 0.15) is 55.7 Å². The molecule has 26 heavy (non-hydrogen) atoms. The van der Waals surface area contributed by atoms with E-state index in [9.17, 15) is 4.39 Å². The van der Waals surface area contributed by atoms with Gasteiger partial charge in [0.2, 0.25) is 0 Å². The minimum absolute atomic E-state index is 0.154. The van der Waals surface area contributed by atoms with Crippen LogP contribution in [-0.4, -0.2) is 17.6 Å². The van der Waals surface area contributed by atoms with Gasteiger partial charge >= 0.3 is 0 Å². The Labute approximate surface area is 156 Å². The molecular weight excluding hydrogens is 325 g/mol. The van der Waals surface area contributed by atoms with Crippen LogP contribution in [0.4, 0.5) is 4.39 Å². The molecule has 0 radical (unpaired) electrons. The number of nitrogens with zero attached hydrogens (tertiary/aromatic N) is 1. The maximum absolute atomic E-state index is 14.3. The number of halogens is 1. The number of nitrogens with one attached hydrogen (secondary N) is 2. The van der Waals surface area contributed by atoms with Crippen LogP contribution >= 0.6 is 0 Å². The lowest BCUT2D eigenvalue weighted by atomic mass is 10.0. The van der Waals surface area contributed by atoms with E-state index >= 15 is 0 Å². The first-order valence-corrected chi connectivity index (χ1v) is 9.85. The molecule has 3 nitrogen and oxygen atoms in total. The molecule has 0 amide bonds. The van der Waals surface area contributed by atoms with Gasteiger partial charge in [-0.2, -0.15) is 0 Å². The van der Waals surface area contributed by atoms with Crippen molar-refractivity contribution in [1.29, 1.82) is 0 Å². The minimum atomic E-state index is -0.154. The summed E-state index contributed by atoms with van der Waals surface area (Å²) < 4.78 is 14.3. The summed E-state index contributed by atoms with van der Waals surface area (Å²) in [6.07, 6.45) is 8.08. The third-order valence-corrected chi connectivity index (χ3v) is 4.96. The third kappa shape index (κ3) is 5.36. The fourth-order valence-corrected chi connectivity index (χ4v) is 3.07. The van der Waals surface area contributed by atoms with Crippen LogP contribution in [0.15, 0.2) is 30.5 Å². The smallest absolute Gasteiger partial charge is 0.127 e. The molecule has 2 aromatic rings. The second-order valence-corrected chi connectivity index (χ2v) is 7.34. The van der Waals surface area contributed by atoms with Crippen molar-refractivity contribution in [3.05, 3.63) is 53.0 Å². The Balaban J connectivity index is 1.65. The van der Waals surface area contributed by atoms with Gasteiger partial charge in [0, 0.05) is 30.9 Å². The zero-order valence-corrected chi connectivity index (χ0v) is 15.9. The summed E-state index contributed by atoms with van der Waals surface area (Å²) in [5.74, 6) is -0.154. The predicted octanol–water partition coefficient (Wildman–Crippen LogP) is 4.73. The summed E-state index contributed by atoms with van der Waals surface area (Å²) in [4.78, 5) is 4.59. The van der Waals surface area contributed by atoms with Gasteiger partial charge in [0.15, 0.2) is 0 Å². The SMILES string of the molecule is CCCCCNCc1ccc(-c2cc(CNC3CC3)cc(F)c2C)nc1. The van der Waals surface area contributed by atoms with E-state index in [2.05, 4.69) is 34.7 Å². The Morgan fingerprint density at radius 1 is 1.12 bits per heavy atom. The highest BCUT2D eigenvalue weighted by Gasteiger charge is 2.20. The summed E-state index contributed by atoms with van der Waals surface area (Å²) in [6.45, 7) is 6.62. The van der Waals surface area contributed by atoms with Crippen molar-refractivity contribution in [2.24, 2.45) is 0 Å². The minimum Gasteiger partial charge on any atom is -0.313 e. The van der Waals surface area contributed by atoms with Crippen LogP contribution in [0.2, 0.25) is 0 Å². The zero-order valence-electron chi connectivity index (χ0n) is 15.9. The first kappa shape index (κ1) is 19.0. The number of unbranched alkanes of at least 4 members (excludes halogenated alkanes) is 2. The molecule has 140 valence electrons. The molecule has 0 unspecified atom stereocenters. The molecule has 0 bridgehead atoms. The highest BCUT2D eigenvalue weighted by atomic mass is 19.1. The molecule has 1 fully saturated rings. The van der Waals surface area contributed by atoms with Crippen LogP contribution in [-0.2, 0) is 13.1 Å². The Hall–Kier alpha value is -1.78. The molecule has 0 atom stereocenters. The van der Waals surface area contributed by atoms with Crippen molar-refractivity contribution in [2.75, 3.05) is 6.54 Å². The van der Waals surface area contributed by atoms with Gasteiger partial charge in [-0.3, -0.25) is 4.98 Å².